The smallest absolute Gasteiger partial charge is 0.344 e. The highest BCUT2D eigenvalue weighted by Gasteiger charge is 2.44. The Kier molecular flexibility index (Phi) is 3.43. The van der Waals surface area contributed by atoms with Crippen molar-refractivity contribution in [2.75, 3.05) is 12.3 Å². The largest absolute Gasteiger partial charge is 0.397 e. The monoisotopic (exact) mass is 230 g/mol. The van der Waals surface area contributed by atoms with Crippen molar-refractivity contribution >= 4 is 7.37 Å². The second-order valence-corrected chi connectivity index (χ2v) is 4.72. The van der Waals surface area contributed by atoms with Gasteiger partial charge in [0.05, 0.1) is 0 Å². The van der Waals surface area contributed by atoms with Crippen LogP contribution >= 0.6 is 7.37 Å². The van der Waals surface area contributed by atoms with Gasteiger partial charge in [-0.3, -0.25) is 4.57 Å². The molecule has 0 atom stereocenters. The first-order chi connectivity index (χ1) is 5.41. The molecule has 0 heterocycles. The number of rotatable bonds is 2. The van der Waals surface area contributed by atoms with E-state index in [0.29, 0.717) is 0 Å². The molecule has 1 N–H and O–H groups in total. The first-order valence-corrected chi connectivity index (χ1v) is 4.89. The van der Waals surface area contributed by atoms with Crippen molar-refractivity contribution in [3.8, 4) is 0 Å². The lowest BCUT2D eigenvalue weighted by Crippen LogP contribution is -2.21. The van der Waals surface area contributed by atoms with E-state index in [9.17, 15) is 30.9 Å². The summed E-state index contributed by atoms with van der Waals surface area (Å²) in [6.07, 6.45) is -14.7. The maximum Gasteiger partial charge on any atom is 0.397 e. The van der Waals surface area contributed by atoms with Gasteiger partial charge in [0.15, 0.2) is 0 Å². The van der Waals surface area contributed by atoms with E-state index in [1.807, 2.05) is 0 Å². The normalized spacial score (nSPS) is 14.7. The van der Waals surface area contributed by atoms with Crippen LogP contribution in [0.1, 0.15) is 0 Å². The van der Waals surface area contributed by atoms with Gasteiger partial charge in [-0.25, -0.2) is 0 Å². The van der Waals surface area contributed by atoms with E-state index in [1.54, 1.807) is 0 Å². The molecule has 2 nitrogen and oxygen atoms in total. The van der Waals surface area contributed by atoms with Gasteiger partial charge in [0.2, 0.25) is 7.37 Å². The van der Waals surface area contributed by atoms with E-state index in [-0.39, 0.29) is 0 Å². The second-order valence-electron chi connectivity index (χ2n) is 2.39. The first-order valence-electron chi connectivity index (χ1n) is 2.86. The number of hydrogen-bond acceptors (Lipinski definition) is 1. The molecule has 0 unspecified atom stereocenters. The Balaban J connectivity index is 4.35. The van der Waals surface area contributed by atoms with Crippen LogP contribution in [0, 0.1) is 0 Å². The lowest BCUT2D eigenvalue weighted by molar-refractivity contribution is -0.114. The van der Waals surface area contributed by atoms with Gasteiger partial charge in [-0.1, -0.05) is 0 Å². The fourth-order valence-corrected chi connectivity index (χ4v) is 1.85. The van der Waals surface area contributed by atoms with Crippen LogP contribution in [-0.2, 0) is 4.57 Å². The summed E-state index contributed by atoms with van der Waals surface area (Å²) in [6, 6.07) is 0. The number of alkyl halides is 6. The quantitative estimate of drug-likeness (QED) is 0.584. The van der Waals surface area contributed by atoms with Gasteiger partial charge in [0, 0.05) is 0 Å². The van der Waals surface area contributed by atoms with Crippen molar-refractivity contribution in [2.45, 2.75) is 12.4 Å². The highest BCUT2D eigenvalue weighted by molar-refractivity contribution is 7.58. The molecule has 0 aromatic rings. The van der Waals surface area contributed by atoms with Crippen molar-refractivity contribution in [1.82, 2.24) is 0 Å². The molecule has 0 bridgehead atoms. The predicted octanol–water partition coefficient (Wildman–Crippen LogP) is 2.38. The Labute approximate surface area is 69.0 Å². The molecule has 0 aromatic heterocycles. The number of halogens is 6. The van der Waals surface area contributed by atoms with Crippen molar-refractivity contribution in [1.29, 1.82) is 0 Å². The molecule has 0 rings (SSSR count). The van der Waals surface area contributed by atoms with Crippen LogP contribution in [0.2, 0.25) is 0 Å². The van der Waals surface area contributed by atoms with Crippen LogP contribution in [-0.4, -0.2) is 29.6 Å². The lowest BCUT2D eigenvalue weighted by Gasteiger charge is -2.15. The average Bonchev–Trinajstić information content (AvgIpc) is 1.43. The minimum atomic E-state index is -5.19. The fraction of sp³-hybridized carbons (Fsp3) is 1.00. The lowest BCUT2D eigenvalue weighted by atomic mass is 10.8. The molecule has 13 heavy (non-hydrogen) atoms. The van der Waals surface area contributed by atoms with E-state index >= 15 is 0 Å². The molecule has 0 saturated carbocycles. The third-order valence-corrected chi connectivity index (χ3v) is 2.56. The zero-order chi connectivity index (χ0) is 10.9. The predicted molar refractivity (Wildman–Crippen MR) is 31.7 cm³/mol. The second kappa shape index (κ2) is 3.49. The van der Waals surface area contributed by atoms with Crippen LogP contribution in [0.25, 0.3) is 0 Å². The standard InChI is InChI=1S/C4H5F6O2P/c5-3(6,7)1-13(11,12)2-4(8,9)10/h1-2H2,(H,11,12). The summed E-state index contributed by atoms with van der Waals surface area (Å²) in [5, 5.41) is 0. The molecule has 0 aliphatic rings. The van der Waals surface area contributed by atoms with Gasteiger partial charge in [-0.2, -0.15) is 26.3 Å². The third kappa shape index (κ3) is 8.11. The first kappa shape index (κ1) is 12.8. The van der Waals surface area contributed by atoms with Crippen LogP contribution in [0.3, 0.4) is 0 Å². The van der Waals surface area contributed by atoms with Gasteiger partial charge < -0.3 is 4.89 Å². The van der Waals surface area contributed by atoms with E-state index in [2.05, 4.69) is 0 Å². The molecule has 0 saturated heterocycles. The van der Waals surface area contributed by atoms with E-state index in [4.69, 9.17) is 4.89 Å². The Morgan fingerprint density at radius 2 is 1.15 bits per heavy atom. The maximum absolute atomic E-state index is 11.4. The van der Waals surface area contributed by atoms with Crippen LogP contribution < -0.4 is 0 Å². The zero-order valence-corrected chi connectivity index (χ0v) is 6.88. The van der Waals surface area contributed by atoms with Crippen molar-refractivity contribution in [3.05, 3.63) is 0 Å². The zero-order valence-electron chi connectivity index (χ0n) is 5.98. The highest BCUT2D eigenvalue weighted by atomic mass is 31.2. The van der Waals surface area contributed by atoms with Crippen LogP contribution in [0.4, 0.5) is 26.3 Å². The highest BCUT2D eigenvalue weighted by Crippen LogP contribution is 2.49. The van der Waals surface area contributed by atoms with Crippen molar-refractivity contribution < 1.29 is 35.8 Å². The Bertz CT molecular complexity index is 198. The maximum atomic E-state index is 11.4. The summed E-state index contributed by atoms with van der Waals surface area (Å²) in [5.41, 5.74) is 0. The summed E-state index contributed by atoms with van der Waals surface area (Å²) in [4.78, 5) is 8.30. The molecule has 0 spiro atoms. The molecular formula is C4H5F6O2P. The van der Waals surface area contributed by atoms with Crippen molar-refractivity contribution in [2.24, 2.45) is 0 Å². The molecular weight excluding hydrogens is 225 g/mol. The number of hydrogen-bond donors (Lipinski definition) is 1. The summed E-state index contributed by atoms with van der Waals surface area (Å²) < 4.78 is 78.9. The van der Waals surface area contributed by atoms with E-state index < -0.39 is 32.0 Å². The molecule has 0 fully saturated rings. The average molecular weight is 230 g/mol. The summed E-state index contributed by atoms with van der Waals surface area (Å²) in [7, 11) is -5.19. The van der Waals surface area contributed by atoms with E-state index in [1.165, 1.54) is 0 Å². The minimum Gasteiger partial charge on any atom is -0.344 e. The topological polar surface area (TPSA) is 37.3 Å². The Morgan fingerprint density at radius 3 is 1.31 bits per heavy atom. The van der Waals surface area contributed by atoms with Crippen LogP contribution in [0.15, 0.2) is 0 Å². The molecule has 0 aliphatic carbocycles. The molecule has 0 radical (unpaired) electrons. The van der Waals surface area contributed by atoms with Gasteiger partial charge in [-0.05, 0) is 0 Å². The van der Waals surface area contributed by atoms with Gasteiger partial charge in [0.25, 0.3) is 0 Å². The summed E-state index contributed by atoms with van der Waals surface area (Å²) in [5.74, 6) is 0. The summed E-state index contributed by atoms with van der Waals surface area (Å²) in [6.45, 7) is 0. The fourth-order valence-electron chi connectivity index (χ4n) is 0.616. The van der Waals surface area contributed by atoms with Gasteiger partial charge >= 0.3 is 12.4 Å². The van der Waals surface area contributed by atoms with Gasteiger partial charge in [0.1, 0.15) is 12.3 Å². The Morgan fingerprint density at radius 1 is 0.923 bits per heavy atom. The molecule has 9 heteroatoms. The molecule has 80 valence electrons. The molecule has 0 amide bonds. The van der Waals surface area contributed by atoms with E-state index in [0.717, 1.165) is 0 Å². The molecule has 0 aromatic carbocycles. The van der Waals surface area contributed by atoms with Crippen molar-refractivity contribution in [3.63, 3.8) is 0 Å². The van der Waals surface area contributed by atoms with Crippen LogP contribution in [0.5, 0.6) is 0 Å². The third-order valence-electron chi connectivity index (χ3n) is 0.853. The Hall–Kier alpha value is -0.230. The SMILES string of the molecule is O=P(O)(CC(F)(F)F)CC(F)(F)F. The molecule has 0 aliphatic heterocycles. The summed E-state index contributed by atoms with van der Waals surface area (Å²) >= 11 is 0. The van der Waals surface area contributed by atoms with Gasteiger partial charge in [-0.15, -0.1) is 0 Å². The minimum absolute atomic E-state index is 2.31.